The molecule has 2 aromatic rings. The van der Waals surface area contributed by atoms with E-state index in [0.29, 0.717) is 12.1 Å². The lowest BCUT2D eigenvalue weighted by Crippen LogP contribution is -2.32. The van der Waals surface area contributed by atoms with E-state index in [-0.39, 0.29) is 30.7 Å². The number of nitrogens with zero attached hydrogens (tertiary/aromatic N) is 1. The van der Waals surface area contributed by atoms with Crippen molar-refractivity contribution in [2.24, 2.45) is 0 Å². The van der Waals surface area contributed by atoms with Crippen molar-refractivity contribution in [3.05, 3.63) is 65.5 Å². The summed E-state index contributed by atoms with van der Waals surface area (Å²) in [5.74, 6) is -0.501. The Morgan fingerprint density at radius 1 is 1.11 bits per heavy atom. The van der Waals surface area contributed by atoms with Gasteiger partial charge >= 0.3 is 0 Å². The van der Waals surface area contributed by atoms with Gasteiger partial charge in [0.2, 0.25) is 15.9 Å². The smallest absolute Gasteiger partial charge is 0.232 e. The van der Waals surface area contributed by atoms with Crippen LogP contribution in [0, 0.1) is 12.7 Å². The number of amides is 1. The molecule has 0 radical (unpaired) electrons. The molecule has 0 spiro atoms. The number of benzene rings is 2. The summed E-state index contributed by atoms with van der Waals surface area (Å²) in [7, 11) is -3.43. The van der Waals surface area contributed by atoms with Crippen molar-refractivity contribution >= 4 is 21.6 Å². The fourth-order valence-electron chi connectivity index (χ4n) is 2.73. The van der Waals surface area contributed by atoms with Gasteiger partial charge < -0.3 is 5.32 Å². The fourth-order valence-corrected chi connectivity index (χ4v) is 3.69. The van der Waals surface area contributed by atoms with E-state index in [2.05, 4.69) is 5.32 Å². The van der Waals surface area contributed by atoms with Gasteiger partial charge in [0.15, 0.2) is 0 Å². The fraction of sp³-hybridized carbons (Fsp3) is 0.350. The standard InChI is InChI=1S/C20H25FN2O3S/c1-15-6-12-19(13-7-15)23(27(3,25)26)14-4-5-20(24)22-16(2)17-8-10-18(21)11-9-17/h6-13,16H,4-5,14H2,1-3H3,(H,22,24)/t16-/m1/s1. The lowest BCUT2D eigenvalue weighted by molar-refractivity contribution is -0.121. The number of carbonyl (C=O) groups is 1. The minimum absolute atomic E-state index is 0.177. The second kappa shape index (κ2) is 8.99. The SMILES string of the molecule is Cc1ccc(N(CCCC(=O)N[C@H](C)c2ccc(F)cc2)S(C)(=O)=O)cc1. The summed E-state index contributed by atoms with van der Waals surface area (Å²) in [5.41, 5.74) is 2.44. The van der Waals surface area contributed by atoms with Crippen molar-refractivity contribution < 1.29 is 17.6 Å². The Bertz CT molecular complexity index is 865. The van der Waals surface area contributed by atoms with Gasteiger partial charge in [0, 0.05) is 13.0 Å². The third kappa shape index (κ3) is 6.36. The minimum Gasteiger partial charge on any atom is -0.350 e. The first-order chi connectivity index (χ1) is 12.7. The van der Waals surface area contributed by atoms with Crippen molar-refractivity contribution in [2.45, 2.75) is 32.7 Å². The molecule has 2 aromatic carbocycles. The molecule has 7 heteroatoms. The van der Waals surface area contributed by atoms with Crippen LogP contribution in [0.15, 0.2) is 48.5 Å². The topological polar surface area (TPSA) is 66.5 Å². The summed E-state index contributed by atoms with van der Waals surface area (Å²) in [6.07, 6.45) is 1.75. The molecule has 27 heavy (non-hydrogen) atoms. The molecule has 1 amide bonds. The van der Waals surface area contributed by atoms with Crippen molar-refractivity contribution in [3.63, 3.8) is 0 Å². The highest BCUT2D eigenvalue weighted by Crippen LogP contribution is 2.19. The molecular formula is C20H25FN2O3S. The molecular weight excluding hydrogens is 367 g/mol. The quantitative estimate of drug-likeness (QED) is 0.747. The predicted octanol–water partition coefficient (Wildman–Crippen LogP) is 3.56. The number of rotatable bonds is 8. The zero-order valence-electron chi connectivity index (χ0n) is 15.8. The van der Waals surface area contributed by atoms with E-state index in [1.165, 1.54) is 16.4 Å². The van der Waals surface area contributed by atoms with Gasteiger partial charge in [-0.1, -0.05) is 29.8 Å². The minimum atomic E-state index is -3.43. The van der Waals surface area contributed by atoms with Crippen molar-refractivity contribution in [3.8, 4) is 0 Å². The first-order valence-corrected chi connectivity index (χ1v) is 10.6. The maximum Gasteiger partial charge on any atom is 0.232 e. The van der Waals surface area contributed by atoms with Gasteiger partial charge in [0.25, 0.3) is 0 Å². The average molecular weight is 392 g/mol. The van der Waals surface area contributed by atoms with Crippen molar-refractivity contribution in [1.29, 1.82) is 0 Å². The number of aryl methyl sites for hydroxylation is 1. The van der Waals surface area contributed by atoms with Crippen LogP contribution in [0.25, 0.3) is 0 Å². The number of anilines is 1. The summed E-state index contributed by atoms with van der Waals surface area (Å²) in [6, 6.07) is 12.9. The molecule has 0 saturated heterocycles. The summed E-state index contributed by atoms with van der Waals surface area (Å²) in [4.78, 5) is 12.2. The monoisotopic (exact) mass is 392 g/mol. The highest BCUT2D eigenvalue weighted by molar-refractivity contribution is 7.92. The maximum atomic E-state index is 13.0. The second-order valence-electron chi connectivity index (χ2n) is 6.61. The summed E-state index contributed by atoms with van der Waals surface area (Å²) >= 11 is 0. The molecule has 146 valence electrons. The van der Waals surface area contributed by atoms with Crippen LogP contribution in [0.5, 0.6) is 0 Å². The molecule has 0 unspecified atom stereocenters. The molecule has 0 aliphatic carbocycles. The number of nitrogens with one attached hydrogen (secondary N) is 1. The molecule has 0 heterocycles. The molecule has 0 bridgehead atoms. The first kappa shape index (κ1) is 20.9. The van der Waals surface area contributed by atoms with Gasteiger partial charge in [-0.25, -0.2) is 12.8 Å². The van der Waals surface area contributed by atoms with Gasteiger partial charge in [0.1, 0.15) is 5.82 Å². The van der Waals surface area contributed by atoms with Gasteiger partial charge in [0.05, 0.1) is 18.0 Å². The van der Waals surface area contributed by atoms with Crippen LogP contribution in [0.1, 0.15) is 36.9 Å². The van der Waals surface area contributed by atoms with Gasteiger partial charge in [-0.05, 0) is 50.1 Å². The first-order valence-electron chi connectivity index (χ1n) is 8.76. The van der Waals surface area contributed by atoms with E-state index in [1.807, 2.05) is 26.0 Å². The van der Waals surface area contributed by atoms with Crippen molar-refractivity contribution in [2.75, 3.05) is 17.1 Å². The van der Waals surface area contributed by atoms with E-state index in [4.69, 9.17) is 0 Å². The van der Waals surface area contributed by atoms with Gasteiger partial charge in [-0.2, -0.15) is 0 Å². The van der Waals surface area contributed by atoms with E-state index in [9.17, 15) is 17.6 Å². The number of hydrogen-bond acceptors (Lipinski definition) is 3. The van der Waals surface area contributed by atoms with Crippen LogP contribution in [0.4, 0.5) is 10.1 Å². The molecule has 0 saturated carbocycles. The van der Waals surface area contributed by atoms with E-state index >= 15 is 0 Å². The molecule has 2 rings (SSSR count). The summed E-state index contributed by atoms with van der Waals surface area (Å²) in [6.45, 7) is 3.97. The number of sulfonamides is 1. The molecule has 0 aliphatic heterocycles. The maximum absolute atomic E-state index is 13.0. The van der Waals surface area contributed by atoms with E-state index in [0.717, 1.165) is 17.4 Å². The number of carbonyl (C=O) groups excluding carboxylic acids is 1. The molecule has 5 nitrogen and oxygen atoms in total. The lowest BCUT2D eigenvalue weighted by atomic mass is 10.1. The molecule has 1 atom stereocenters. The highest BCUT2D eigenvalue weighted by atomic mass is 32.2. The van der Waals surface area contributed by atoms with Crippen LogP contribution in [-0.4, -0.2) is 27.1 Å². The Labute approximate surface area is 160 Å². The highest BCUT2D eigenvalue weighted by Gasteiger charge is 2.18. The van der Waals surface area contributed by atoms with E-state index in [1.54, 1.807) is 24.3 Å². The summed E-state index contributed by atoms with van der Waals surface area (Å²) < 4.78 is 38.4. The predicted molar refractivity (Wildman–Crippen MR) is 106 cm³/mol. The van der Waals surface area contributed by atoms with Crippen LogP contribution in [0.3, 0.4) is 0 Å². The normalized spacial score (nSPS) is 12.4. The molecule has 0 aromatic heterocycles. The number of halogens is 1. The van der Waals surface area contributed by atoms with Crippen LogP contribution >= 0.6 is 0 Å². The summed E-state index contributed by atoms with van der Waals surface area (Å²) in [5, 5.41) is 2.85. The third-order valence-electron chi connectivity index (χ3n) is 4.23. The Balaban J connectivity index is 1.91. The molecule has 1 N–H and O–H groups in total. The van der Waals surface area contributed by atoms with Gasteiger partial charge in [-0.3, -0.25) is 9.10 Å². The zero-order valence-corrected chi connectivity index (χ0v) is 16.6. The Morgan fingerprint density at radius 3 is 2.26 bits per heavy atom. The van der Waals surface area contributed by atoms with Crippen LogP contribution < -0.4 is 9.62 Å². The Morgan fingerprint density at radius 2 is 1.70 bits per heavy atom. The number of hydrogen-bond donors (Lipinski definition) is 1. The van der Waals surface area contributed by atoms with E-state index < -0.39 is 10.0 Å². The Hall–Kier alpha value is -2.41. The lowest BCUT2D eigenvalue weighted by Gasteiger charge is -2.22. The molecule has 0 aliphatic rings. The third-order valence-corrected chi connectivity index (χ3v) is 5.43. The largest absolute Gasteiger partial charge is 0.350 e. The van der Waals surface area contributed by atoms with Gasteiger partial charge in [-0.15, -0.1) is 0 Å². The average Bonchev–Trinajstić information content (AvgIpc) is 2.59. The Kier molecular flexibility index (Phi) is 6.96. The van der Waals surface area contributed by atoms with Crippen LogP contribution in [0.2, 0.25) is 0 Å². The zero-order chi connectivity index (χ0) is 20.0. The molecule has 0 fully saturated rings. The van der Waals surface area contributed by atoms with Crippen molar-refractivity contribution in [1.82, 2.24) is 5.32 Å². The second-order valence-corrected chi connectivity index (χ2v) is 8.52. The van der Waals surface area contributed by atoms with Crippen LogP contribution in [-0.2, 0) is 14.8 Å².